The van der Waals surface area contributed by atoms with Gasteiger partial charge in [-0.15, -0.1) is 12.8 Å². The number of carbonyl (C=O) groups is 2. The van der Waals surface area contributed by atoms with Crippen LogP contribution in [0.15, 0.2) is 84.9 Å². The quantitative estimate of drug-likeness (QED) is 0.192. The van der Waals surface area contributed by atoms with Gasteiger partial charge in [-0.05, 0) is 85.3 Å². The van der Waals surface area contributed by atoms with Crippen molar-refractivity contribution in [2.24, 2.45) is 0 Å². The predicted molar refractivity (Wildman–Crippen MR) is 195 cm³/mol. The molecule has 9 nitrogen and oxygen atoms in total. The second-order valence-corrected chi connectivity index (χ2v) is 11.7. The Balaban J connectivity index is 0.000000191. The van der Waals surface area contributed by atoms with Gasteiger partial charge in [0, 0.05) is 47.3 Å². The third-order valence-corrected chi connectivity index (χ3v) is 8.21. The number of carbonyl (C=O) groups excluding carboxylic acids is 2. The van der Waals surface area contributed by atoms with Crippen LogP contribution < -0.4 is 34.6 Å². The molecule has 0 aliphatic carbocycles. The lowest BCUT2D eigenvalue weighted by Crippen LogP contribution is -2.29. The summed E-state index contributed by atoms with van der Waals surface area (Å²) in [7, 11) is 1.55. The van der Waals surface area contributed by atoms with Gasteiger partial charge < -0.3 is 24.0 Å². The molecule has 49 heavy (non-hydrogen) atoms. The molecule has 0 saturated heterocycles. The normalized spacial score (nSPS) is 12.8. The van der Waals surface area contributed by atoms with E-state index in [0.717, 1.165) is 50.1 Å². The van der Waals surface area contributed by atoms with Crippen LogP contribution in [0.25, 0.3) is 0 Å². The average Bonchev–Trinajstić information content (AvgIpc) is 3.10. The number of amides is 2. The lowest BCUT2D eigenvalue weighted by molar-refractivity contribution is 0.214. The number of halogens is 1. The number of nitrogens with one attached hydrogen (secondary N) is 2. The second kappa shape index (κ2) is 16.9. The average molecular weight is 677 g/mol. The number of nitrogens with zero attached hydrogens (tertiary/aromatic N) is 2. The van der Waals surface area contributed by atoms with Crippen molar-refractivity contribution >= 4 is 46.5 Å². The van der Waals surface area contributed by atoms with Crippen LogP contribution in [0.5, 0.6) is 17.2 Å². The number of rotatable bonds is 7. The van der Waals surface area contributed by atoms with Gasteiger partial charge in [0.25, 0.3) is 0 Å². The zero-order valence-corrected chi connectivity index (χ0v) is 28.0. The summed E-state index contributed by atoms with van der Waals surface area (Å²) in [5.41, 5.74) is 5.70. The summed E-state index contributed by atoms with van der Waals surface area (Å²) in [5, 5.41) is 5.97. The van der Waals surface area contributed by atoms with Gasteiger partial charge in [-0.25, -0.2) is 9.59 Å². The maximum Gasteiger partial charge on any atom is 0.417 e. The van der Waals surface area contributed by atoms with E-state index >= 15 is 0 Å². The highest BCUT2D eigenvalue weighted by Gasteiger charge is 2.19. The van der Waals surface area contributed by atoms with Crippen LogP contribution in [-0.2, 0) is 12.8 Å². The van der Waals surface area contributed by atoms with Crippen molar-refractivity contribution in [1.82, 2.24) is 0 Å². The van der Waals surface area contributed by atoms with E-state index in [-0.39, 0.29) is 0 Å². The van der Waals surface area contributed by atoms with Crippen molar-refractivity contribution in [1.29, 1.82) is 0 Å². The third-order valence-electron chi connectivity index (χ3n) is 7.96. The highest BCUT2D eigenvalue weighted by atomic mass is 35.5. The molecule has 0 bridgehead atoms. The molecule has 2 aliphatic heterocycles. The Morgan fingerprint density at radius 3 is 1.82 bits per heavy atom. The van der Waals surface area contributed by atoms with Crippen LogP contribution in [0.4, 0.5) is 32.3 Å². The third kappa shape index (κ3) is 9.41. The van der Waals surface area contributed by atoms with Gasteiger partial charge in [0.05, 0.1) is 25.9 Å². The van der Waals surface area contributed by atoms with Crippen LogP contribution in [-0.4, -0.2) is 45.5 Å². The fourth-order valence-corrected chi connectivity index (χ4v) is 5.84. The lowest BCUT2D eigenvalue weighted by Gasteiger charge is -2.29. The number of hydrogen-bond acceptors (Lipinski definition) is 7. The Kier molecular flexibility index (Phi) is 11.9. The molecule has 0 aromatic heterocycles. The Hall–Kier alpha value is -5.77. The van der Waals surface area contributed by atoms with Gasteiger partial charge in [0.15, 0.2) is 0 Å². The first-order chi connectivity index (χ1) is 23.9. The molecule has 0 atom stereocenters. The minimum Gasteiger partial charge on any atom is -0.495 e. The summed E-state index contributed by atoms with van der Waals surface area (Å²) >= 11 is 5.82. The molecule has 4 aromatic rings. The fraction of sp³-hybridized carbons (Fsp3) is 0.231. The maximum absolute atomic E-state index is 12.2. The Morgan fingerprint density at radius 1 is 0.755 bits per heavy atom. The van der Waals surface area contributed by atoms with Crippen LogP contribution >= 0.6 is 11.6 Å². The number of fused-ring (bicyclic) bond motifs is 2. The lowest BCUT2D eigenvalue weighted by atomic mass is 10.0. The largest absolute Gasteiger partial charge is 0.495 e. The first-order valence-corrected chi connectivity index (χ1v) is 16.2. The van der Waals surface area contributed by atoms with Crippen molar-refractivity contribution in [3.8, 4) is 41.9 Å². The summed E-state index contributed by atoms with van der Waals surface area (Å²) in [4.78, 5) is 28.5. The summed E-state index contributed by atoms with van der Waals surface area (Å²) in [6.07, 6.45) is 13.9. The summed E-state index contributed by atoms with van der Waals surface area (Å²) in [5.74, 6) is 6.89. The van der Waals surface area contributed by atoms with E-state index in [1.165, 1.54) is 11.1 Å². The molecule has 250 valence electrons. The van der Waals surface area contributed by atoms with Crippen LogP contribution in [0.2, 0.25) is 5.02 Å². The molecule has 0 radical (unpaired) electrons. The molecule has 2 heterocycles. The highest BCUT2D eigenvalue weighted by Crippen LogP contribution is 2.32. The molecule has 0 saturated carbocycles. The van der Waals surface area contributed by atoms with E-state index in [1.54, 1.807) is 55.6 Å². The van der Waals surface area contributed by atoms with E-state index in [0.29, 0.717) is 46.7 Å². The number of terminal acetylenes is 2. The zero-order valence-electron chi connectivity index (χ0n) is 27.2. The summed E-state index contributed by atoms with van der Waals surface area (Å²) in [6.45, 7) is 2.92. The summed E-state index contributed by atoms with van der Waals surface area (Å²) < 4.78 is 16.0. The highest BCUT2D eigenvalue weighted by molar-refractivity contribution is 6.30. The van der Waals surface area contributed by atoms with E-state index in [1.807, 2.05) is 36.4 Å². The maximum atomic E-state index is 12.2. The Morgan fingerprint density at radius 2 is 1.29 bits per heavy atom. The number of para-hydroxylation sites is 2. The number of ether oxygens (including phenoxy) is 3. The minimum absolute atomic E-state index is 0.482. The van der Waals surface area contributed by atoms with Crippen molar-refractivity contribution in [3.05, 3.63) is 101 Å². The number of methoxy groups -OCH3 is 1. The van der Waals surface area contributed by atoms with Crippen molar-refractivity contribution in [3.63, 3.8) is 0 Å². The van der Waals surface area contributed by atoms with Gasteiger partial charge in [-0.1, -0.05) is 47.7 Å². The molecule has 6 rings (SSSR count). The van der Waals surface area contributed by atoms with Gasteiger partial charge >= 0.3 is 12.2 Å². The molecule has 4 aromatic carbocycles. The van der Waals surface area contributed by atoms with Crippen LogP contribution in [0.3, 0.4) is 0 Å². The minimum atomic E-state index is -0.566. The molecule has 0 unspecified atom stereocenters. The molecule has 10 heteroatoms. The van der Waals surface area contributed by atoms with E-state index in [9.17, 15) is 9.59 Å². The molecule has 2 N–H and O–H groups in total. The second-order valence-electron chi connectivity index (χ2n) is 11.3. The van der Waals surface area contributed by atoms with E-state index < -0.39 is 12.2 Å². The Bertz CT molecular complexity index is 1860. The van der Waals surface area contributed by atoms with Gasteiger partial charge in [0.2, 0.25) is 0 Å². The molecule has 2 aliphatic rings. The number of anilines is 4. The summed E-state index contributed by atoms with van der Waals surface area (Å²) in [6, 6.07) is 25.3. The topological polar surface area (TPSA) is 92.4 Å². The molecular formula is C39H37ClN4O5. The standard InChI is InChI=1S/C20H20N2O3.C19H17ClN2O2/c1-3-12-22-13-6-7-15-10-11-16(14-18(15)22)25-20(23)21-17-8-4-5-9-19(17)24-2;1-2-11-22-12-3-4-14-5-10-17(13-18(14)22)24-19(23)21-16-8-6-15(20)7-9-16/h1,4-5,8-11,14H,6-7,12-13H2,2H3,(H,21,23);1,5-10,13H,3-4,11-12H2,(H,21,23). The van der Waals surface area contributed by atoms with Gasteiger partial charge in [0.1, 0.15) is 17.2 Å². The van der Waals surface area contributed by atoms with Crippen LogP contribution in [0.1, 0.15) is 24.0 Å². The monoisotopic (exact) mass is 676 g/mol. The first kappa shape index (κ1) is 34.6. The molecule has 0 fully saturated rings. The molecule has 0 spiro atoms. The number of hydrogen-bond donors (Lipinski definition) is 2. The van der Waals surface area contributed by atoms with Crippen molar-refractivity contribution in [2.75, 3.05) is 53.7 Å². The zero-order chi connectivity index (χ0) is 34.6. The number of benzene rings is 4. The molecule has 2 amide bonds. The smallest absolute Gasteiger partial charge is 0.417 e. The Labute approximate surface area is 292 Å². The van der Waals surface area contributed by atoms with E-state index in [4.69, 9.17) is 38.7 Å². The SMILES string of the molecule is C#CCN1CCCc2ccc(OC(=O)Nc3ccc(Cl)cc3)cc21.C#CCN1CCCc2ccc(OC(=O)Nc3ccccc3OC)cc21. The van der Waals surface area contributed by atoms with E-state index in [2.05, 4.69) is 32.3 Å². The fourth-order valence-electron chi connectivity index (χ4n) is 5.71. The van der Waals surface area contributed by atoms with Gasteiger partial charge in [-0.3, -0.25) is 10.6 Å². The van der Waals surface area contributed by atoms with Gasteiger partial charge in [-0.2, -0.15) is 0 Å². The van der Waals surface area contributed by atoms with Crippen LogP contribution in [0, 0.1) is 24.7 Å². The van der Waals surface area contributed by atoms with Crippen molar-refractivity contribution < 1.29 is 23.8 Å². The predicted octanol–water partition coefficient (Wildman–Crippen LogP) is 8.03. The first-order valence-electron chi connectivity index (χ1n) is 15.9. The number of aryl methyl sites for hydroxylation is 2. The molecular weight excluding hydrogens is 640 g/mol. The van der Waals surface area contributed by atoms with Crippen molar-refractivity contribution in [2.45, 2.75) is 25.7 Å².